The molecule has 0 bridgehead atoms. The molecule has 56 heavy (non-hydrogen) atoms. The Labute approximate surface area is 347 Å². The first-order chi connectivity index (χ1) is 27.7. The van der Waals surface area contributed by atoms with Crippen molar-refractivity contribution in [2.75, 3.05) is 0 Å². The highest BCUT2D eigenvalue weighted by atomic mass is 14.8. The fourth-order valence-corrected chi connectivity index (χ4v) is 8.24. The molecule has 0 spiro atoms. The van der Waals surface area contributed by atoms with Crippen molar-refractivity contribution in [3.05, 3.63) is 99.6 Å². The summed E-state index contributed by atoms with van der Waals surface area (Å²) in [6.07, 6.45) is 46.0. The summed E-state index contributed by atoms with van der Waals surface area (Å²) in [5, 5.41) is 0. The van der Waals surface area contributed by atoms with E-state index < -0.39 is 0 Å². The SMILES string of the molecule is CCCCCCCCCCCCCCCCCCCC=CCCc1ccccc1C(=C(CCCCCC)C(=C=[N+]=[N-])CCCC)c1cccc(CCCCC)c1. The van der Waals surface area contributed by atoms with Crippen LogP contribution >= 0.6 is 0 Å². The zero-order valence-electron chi connectivity index (χ0n) is 37.3. The molecule has 0 saturated heterocycles. The lowest BCUT2D eigenvalue weighted by molar-refractivity contribution is 0.00739. The van der Waals surface area contributed by atoms with E-state index in [1.807, 2.05) is 0 Å². The maximum absolute atomic E-state index is 9.84. The van der Waals surface area contributed by atoms with Crippen LogP contribution in [0.5, 0.6) is 0 Å². The van der Waals surface area contributed by atoms with Gasteiger partial charge in [-0.05, 0) is 97.6 Å². The first-order valence-corrected chi connectivity index (χ1v) is 24.2. The van der Waals surface area contributed by atoms with Crippen LogP contribution in [0.3, 0.4) is 0 Å². The summed E-state index contributed by atoms with van der Waals surface area (Å²) in [7, 11) is 0. The molecule has 0 aliphatic rings. The number of hydrogen-bond donors (Lipinski definition) is 0. The molecule has 2 heteroatoms. The zero-order chi connectivity index (χ0) is 40.2. The fraction of sp³-hybridized carbons (Fsp3) is 0.667. The fourth-order valence-electron chi connectivity index (χ4n) is 8.24. The molecule has 0 saturated carbocycles. The highest BCUT2D eigenvalue weighted by Gasteiger charge is 2.20. The van der Waals surface area contributed by atoms with E-state index in [0.29, 0.717) is 0 Å². The molecule has 2 aromatic carbocycles. The van der Waals surface area contributed by atoms with E-state index in [2.05, 4.69) is 99.0 Å². The Balaban J connectivity index is 2.01. The maximum Gasteiger partial charge on any atom is 0.303 e. The zero-order valence-corrected chi connectivity index (χ0v) is 37.3. The normalized spacial score (nSPS) is 11.9. The van der Waals surface area contributed by atoms with Gasteiger partial charge < -0.3 is 5.53 Å². The topological polar surface area (TPSA) is 36.4 Å². The lowest BCUT2D eigenvalue weighted by Gasteiger charge is -2.20. The van der Waals surface area contributed by atoms with Crippen LogP contribution in [0, 0.1) is 0 Å². The summed E-state index contributed by atoms with van der Waals surface area (Å²) in [4.78, 5) is 3.52. The molecule has 0 aromatic heterocycles. The molecule has 0 aliphatic carbocycles. The first-order valence-electron chi connectivity index (χ1n) is 24.2. The minimum Gasteiger partial charge on any atom is -0.348 e. The second-order valence-electron chi connectivity index (χ2n) is 16.7. The number of rotatable bonds is 36. The van der Waals surface area contributed by atoms with Crippen molar-refractivity contribution >= 4 is 11.4 Å². The molecule has 0 unspecified atom stereocenters. The molecule has 312 valence electrons. The lowest BCUT2D eigenvalue weighted by atomic mass is 9.82. The van der Waals surface area contributed by atoms with E-state index in [1.54, 1.807) is 0 Å². The van der Waals surface area contributed by atoms with Gasteiger partial charge in [0, 0.05) is 0 Å². The van der Waals surface area contributed by atoms with Crippen LogP contribution in [-0.2, 0) is 12.8 Å². The van der Waals surface area contributed by atoms with Gasteiger partial charge in [-0.1, -0.05) is 230 Å². The van der Waals surface area contributed by atoms with Gasteiger partial charge in [-0.2, -0.15) is 0 Å². The van der Waals surface area contributed by atoms with Crippen LogP contribution in [-0.4, -0.2) is 10.7 Å². The Morgan fingerprint density at radius 1 is 0.518 bits per heavy atom. The van der Waals surface area contributed by atoms with Gasteiger partial charge in [0.25, 0.3) is 0 Å². The van der Waals surface area contributed by atoms with Crippen molar-refractivity contribution in [1.82, 2.24) is 0 Å². The van der Waals surface area contributed by atoms with Gasteiger partial charge >= 0.3 is 5.87 Å². The van der Waals surface area contributed by atoms with Crippen LogP contribution < -0.4 is 0 Å². The number of benzene rings is 2. The van der Waals surface area contributed by atoms with Crippen molar-refractivity contribution in [2.45, 2.75) is 233 Å². The second kappa shape index (κ2) is 35.3. The van der Waals surface area contributed by atoms with E-state index in [1.165, 1.54) is 187 Å². The molecule has 0 N–H and O–H groups in total. The third-order valence-electron chi connectivity index (χ3n) is 11.7. The summed E-state index contributed by atoms with van der Waals surface area (Å²) in [6, 6.07) is 18.4. The molecule has 2 aromatic rings. The van der Waals surface area contributed by atoms with Crippen LogP contribution in [0.1, 0.15) is 243 Å². The quantitative estimate of drug-likeness (QED) is 0.0166. The average molecular weight is 763 g/mol. The third kappa shape index (κ3) is 22.7. The minimum absolute atomic E-state index is 0.883. The summed E-state index contributed by atoms with van der Waals surface area (Å²) in [5.41, 5.74) is 19.0. The van der Waals surface area contributed by atoms with E-state index in [0.717, 1.165) is 56.9 Å². The smallest absolute Gasteiger partial charge is 0.303 e. The van der Waals surface area contributed by atoms with E-state index in [4.69, 9.17) is 0 Å². The number of unbranched alkanes of at least 4 members (excludes halogenated alkanes) is 23. The molecule has 2 nitrogen and oxygen atoms in total. The number of nitrogens with zero attached hydrogens (tertiary/aromatic N) is 2. The highest BCUT2D eigenvalue weighted by Crippen LogP contribution is 2.37. The molecule has 0 atom stereocenters. The van der Waals surface area contributed by atoms with Crippen LogP contribution in [0.2, 0.25) is 0 Å². The Kier molecular flexibility index (Phi) is 31.0. The van der Waals surface area contributed by atoms with Gasteiger partial charge in [0.15, 0.2) is 0 Å². The van der Waals surface area contributed by atoms with Crippen molar-refractivity contribution < 1.29 is 4.79 Å². The molecule has 2 rings (SSSR count). The third-order valence-corrected chi connectivity index (χ3v) is 11.7. The number of hydrogen-bond acceptors (Lipinski definition) is 0. The van der Waals surface area contributed by atoms with Crippen LogP contribution in [0.25, 0.3) is 11.1 Å². The molecule has 0 aliphatic heterocycles. The van der Waals surface area contributed by atoms with Gasteiger partial charge in [-0.25, -0.2) is 0 Å². The molecular weight excluding hydrogens is 677 g/mol. The summed E-state index contributed by atoms with van der Waals surface area (Å²) >= 11 is 0. The predicted molar refractivity (Wildman–Crippen MR) is 249 cm³/mol. The van der Waals surface area contributed by atoms with Gasteiger partial charge in [0.05, 0.1) is 5.57 Å². The molecular formula is C54H86N2. The van der Waals surface area contributed by atoms with E-state index in [-0.39, 0.29) is 0 Å². The predicted octanol–water partition coefficient (Wildman–Crippen LogP) is 17.7. The van der Waals surface area contributed by atoms with Gasteiger partial charge in [0.1, 0.15) is 0 Å². The van der Waals surface area contributed by atoms with Gasteiger partial charge in [0.2, 0.25) is 0 Å². The average Bonchev–Trinajstić information content (AvgIpc) is 3.22. The van der Waals surface area contributed by atoms with E-state index in [9.17, 15) is 5.53 Å². The standard InChI is InChI=1S/C54H86N2/c1-5-9-13-15-16-17-18-19-20-21-22-23-24-25-26-27-28-29-30-31-33-41-49-42-35-36-45-52(49)54(50-43-37-39-48(46-50)38-32-11-7-3)53(44-34-14-10-6-2)51(47-56-55)40-12-8-4/h30-31,35-37,39,42-43,45-46H,5-29,32-34,38,40-41,44H2,1-4H3. The second-order valence-corrected chi connectivity index (χ2v) is 16.7. The minimum atomic E-state index is 0.883. The molecule has 0 fully saturated rings. The van der Waals surface area contributed by atoms with Crippen molar-refractivity contribution in [3.8, 4) is 0 Å². The van der Waals surface area contributed by atoms with Crippen molar-refractivity contribution in [2.24, 2.45) is 0 Å². The largest absolute Gasteiger partial charge is 0.348 e. The number of aryl methyl sites for hydroxylation is 2. The van der Waals surface area contributed by atoms with Crippen LogP contribution in [0.4, 0.5) is 0 Å². The summed E-state index contributed by atoms with van der Waals surface area (Å²) in [5.74, 6) is 3.09. The van der Waals surface area contributed by atoms with E-state index >= 15 is 0 Å². The lowest BCUT2D eigenvalue weighted by Crippen LogP contribution is -2.04. The monoisotopic (exact) mass is 763 g/mol. The maximum atomic E-state index is 9.84. The summed E-state index contributed by atoms with van der Waals surface area (Å²) < 4.78 is 0. The van der Waals surface area contributed by atoms with Crippen molar-refractivity contribution in [3.63, 3.8) is 0 Å². The molecule has 0 heterocycles. The Morgan fingerprint density at radius 2 is 1.05 bits per heavy atom. The van der Waals surface area contributed by atoms with Crippen molar-refractivity contribution in [1.29, 1.82) is 0 Å². The van der Waals surface area contributed by atoms with Gasteiger partial charge in [-0.15, -0.1) is 4.79 Å². The highest BCUT2D eigenvalue weighted by molar-refractivity contribution is 5.88. The van der Waals surface area contributed by atoms with Crippen LogP contribution in [0.15, 0.2) is 71.8 Å². The molecule has 0 radical (unpaired) electrons. The first kappa shape index (κ1) is 49.2. The molecule has 0 amide bonds. The Morgan fingerprint density at radius 3 is 1.66 bits per heavy atom. The Hall–Kier alpha value is -2.92. The number of allylic oxidation sites excluding steroid dienone is 4. The summed E-state index contributed by atoms with van der Waals surface area (Å²) in [6.45, 7) is 9.10. The Bertz CT molecular complexity index is 1400. The van der Waals surface area contributed by atoms with Gasteiger partial charge in [-0.3, -0.25) is 0 Å².